The van der Waals surface area contributed by atoms with Gasteiger partial charge in [-0.05, 0) is 18.7 Å². The van der Waals surface area contributed by atoms with Crippen molar-refractivity contribution in [3.63, 3.8) is 0 Å². The molecule has 0 atom stereocenters. The van der Waals surface area contributed by atoms with E-state index in [-0.39, 0.29) is 0 Å². The molecule has 1 aromatic heterocycles. The minimum Gasteiger partial charge on any atom is -0.497 e. The third-order valence-electron chi connectivity index (χ3n) is 2.59. The lowest BCUT2D eigenvalue weighted by Gasteiger charge is -2.08. The molecular weight excluding hydrogens is 248 g/mol. The topological polar surface area (TPSA) is 57.4 Å². The molecule has 0 saturated carbocycles. The molecule has 0 unspecified atom stereocenters. The molecule has 0 spiro atoms. The van der Waals surface area contributed by atoms with Gasteiger partial charge in [0.15, 0.2) is 0 Å². The van der Waals surface area contributed by atoms with Gasteiger partial charge in [0.2, 0.25) is 0 Å². The van der Waals surface area contributed by atoms with Crippen molar-refractivity contribution in [3.05, 3.63) is 28.6 Å². The second-order valence-electron chi connectivity index (χ2n) is 3.73. The van der Waals surface area contributed by atoms with Crippen molar-refractivity contribution >= 4 is 11.3 Å². The molecule has 1 aromatic carbocycles. The van der Waals surface area contributed by atoms with Crippen LogP contribution in [0.25, 0.3) is 11.3 Å². The lowest BCUT2D eigenvalue weighted by molar-refractivity contribution is 0.395. The number of nitrogens with two attached hydrogens (primary N) is 1. The van der Waals surface area contributed by atoms with Gasteiger partial charge in [-0.25, -0.2) is 4.98 Å². The SMILES string of the molecule is COc1ccc(-c2csc(CCN)n2)c(OC)c1. The van der Waals surface area contributed by atoms with Crippen molar-refractivity contribution < 1.29 is 9.47 Å². The number of nitrogens with zero attached hydrogens (tertiary/aromatic N) is 1. The van der Waals surface area contributed by atoms with Crippen LogP contribution in [0.5, 0.6) is 11.5 Å². The highest BCUT2D eigenvalue weighted by Gasteiger charge is 2.10. The van der Waals surface area contributed by atoms with E-state index < -0.39 is 0 Å². The number of hydrogen-bond donors (Lipinski definition) is 1. The Balaban J connectivity index is 2.36. The van der Waals surface area contributed by atoms with Gasteiger partial charge in [-0.15, -0.1) is 11.3 Å². The summed E-state index contributed by atoms with van der Waals surface area (Å²) in [5, 5.41) is 3.07. The predicted octanol–water partition coefficient (Wildman–Crippen LogP) is 2.33. The Morgan fingerprint density at radius 2 is 2.11 bits per heavy atom. The quantitative estimate of drug-likeness (QED) is 0.900. The zero-order valence-corrected chi connectivity index (χ0v) is 11.3. The van der Waals surface area contributed by atoms with Crippen LogP contribution in [0.4, 0.5) is 0 Å². The van der Waals surface area contributed by atoms with Crippen LogP contribution in [-0.4, -0.2) is 25.7 Å². The third-order valence-corrected chi connectivity index (χ3v) is 3.50. The van der Waals surface area contributed by atoms with Gasteiger partial charge in [-0.1, -0.05) is 0 Å². The maximum absolute atomic E-state index is 5.53. The standard InChI is InChI=1S/C13H16N2O2S/c1-16-9-3-4-10(12(7-9)17-2)11-8-18-13(15-11)5-6-14/h3-4,7-8H,5-6,14H2,1-2H3. The third kappa shape index (κ3) is 2.63. The summed E-state index contributed by atoms with van der Waals surface area (Å²) in [6.07, 6.45) is 0.809. The molecule has 2 N–H and O–H groups in total. The summed E-state index contributed by atoms with van der Waals surface area (Å²) in [4.78, 5) is 4.55. The molecule has 1 heterocycles. The van der Waals surface area contributed by atoms with Crippen LogP contribution in [0.2, 0.25) is 0 Å². The summed E-state index contributed by atoms with van der Waals surface area (Å²) in [5.41, 5.74) is 7.42. The molecule has 2 rings (SSSR count). The Bertz CT molecular complexity index is 525. The van der Waals surface area contributed by atoms with Crippen molar-refractivity contribution in [2.45, 2.75) is 6.42 Å². The van der Waals surface area contributed by atoms with Gasteiger partial charge in [0.1, 0.15) is 11.5 Å². The van der Waals surface area contributed by atoms with Gasteiger partial charge in [0.25, 0.3) is 0 Å². The minimum absolute atomic E-state index is 0.618. The molecule has 0 aliphatic carbocycles. The number of ether oxygens (including phenoxy) is 2. The van der Waals surface area contributed by atoms with Crippen LogP contribution in [0.15, 0.2) is 23.6 Å². The van der Waals surface area contributed by atoms with Crippen molar-refractivity contribution in [1.29, 1.82) is 0 Å². The van der Waals surface area contributed by atoms with Gasteiger partial charge in [0.05, 0.1) is 24.9 Å². The number of thiazole rings is 1. The molecule has 2 aromatic rings. The van der Waals surface area contributed by atoms with E-state index in [1.54, 1.807) is 25.6 Å². The average Bonchev–Trinajstić information content (AvgIpc) is 2.87. The Morgan fingerprint density at radius 3 is 2.78 bits per heavy atom. The van der Waals surface area contributed by atoms with E-state index in [0.717, 1.165) is 34.2 Å². The summed E-state index contributed by atoms with van der Waals surface area (Å²) in [5.74, 6) is 1.53. The van der Waals surface area contributed by atoms with Crippen molar-refractivity contribution in [1.82, 2.24) is 4.98 Å². The Morgan fingerprint density at radius 1 is 1.28 bits per heavy atom. The molecular formula is C13H16N2O2S. The summed E-state index contributed by atoms with van der Waals surface area (Å²) in [6, 6.07) is 5.72. The first-order valence-electron chi connectivity index (χ1n) is 5.65. The van der Waals surface area contributed by atoms with Gasteiger partial charge < -0.3 is 15.2 Å². The summed E-state index contributed by atoms with van der Waals surface area (Å²) >= 11 is 1.62. The Kier molecular flexibility index (Phi) is 4.17. The smallest absolute Gasteiger partial charge is 0.131 e. The molecule has 0 aliphatic rings. The fourth-order valence-corrected chi connectivity index (χ4v) is 2.50. The van der Waals surface area contributed by atoms with Gasteiger partial charge >= 0.3 is 0 Å². The highest BCUT2D eigenvalue weighted by molar-refractivity contribution is 7.09. The zero-order chi connectivity index (χ0) is 13.0. The van der Waals surface area contributed by atoms with Crippen LogP contribution in [0.1, 0.15) is 5.01 Å². The first kappa shape index (κ1) is 12.9. The molecule has 0 fully saturated rings. The van der Waals surface area contributed by atoms with Crippen molar-refractivity contribution in [3.8, 4) is 22.8 Å². The lowest BCUT2D eigenvalue weighted by Crippen LogP contribution is -2.02. The minimum atomic E-state index is 0.618. The fraction of sp³-hybridized carbons (Fsp3) is 0.308. The van der Waals surface area contributed by atoms with Crippen LogP contribution in [0.3, 0.4) is 0 Å². The van der Waals surface area contributed by atoms with E-state index in [1.165, 1.54) is 0 Å². The molecule has 0 amide bonds. The molecule has 4 nitrogen and oxygen atoms in total. The molecule has 0 bridgehead atoms. The van der Waals surface area contributed by atoms with E-state index in [4.69, 9.17) is 15.2 Å². The van der Waals surface area contributed by atoms with Crippen LogP contribution in [0, 0.1) is 0 Å². The Hall–Kier alpha value is -1.59. The summed E-state index contributed by atoms with van der Waals surface area (Å²) in [6.45, 7) is 0.618. The highest BCUT2D eigenvalue weighted by Crippen LogP contribution is 2.33. The largest absolute Gasteiger partial charge is 0.497 e. The number of hydrogen-bond acceptors (Lipinski definition) is 5. The van der Waals surface area contributed by atoms with Crippen LogP contribution < -0.4 is 15.2 Å². The molecule has 18 heavy (non-hydrogen) atoms. The maximum atomic E-state index is 5.53. The predicted molar refractivity (Wildman–Crippen MR) is 73.4 cm³/mol. The first-order chi connectivity index (χ1) is 8.78. The first-order valence-corrected chi connectivity index (χ1v) is 6.53. The normalized spacial score (nSPS) is 10.4. The zero-order valence-electron chi connectivity index (χ0n) is 10.5. The van der Waals surface area contributed by atoms with E-state index >= 15 is 0 Å². The van der Waals surface area contributed by atoms with Crippen LogP contribution >= 0.6 is 11.3 Å². The molecule has 5 heteroatoms. The maximum Gasteiger partial charge on any atom is 0.131 e. The highest BCUT2D eigenvalue weighted by atomic mass is 32.1. The van der Waals surface area contributed by atoms with Gasteiger partial charge in [0, 0.05) is 23.4 Å². The number of benzene rings is 1. The van der Waals surface area contributed by atoms with E-state index in [0.29, 0.717) is 6.54 Å². The summed E-state index contributed by atoms with van der Waals surface area (Å²) in [7, 11) is 3.28. The van der Waals surface area contributed by atoms with Gasteiger partial charge in [-0.2, -0.15) is 0 Å². The monoisotopic (exact) mass is 264 g/mol. The second-order valence-corrected chi connectivity index (χ2v) is 4.67. The molecule has 0 aliphatic heterocycles. The average molecular weight is 264 g/mol. The second kappa shape index (κ2) is 5.84. The lowest BCUT2D eigenvalue weighted by atomic mass is 10.1. The molecule has 96 valence electrons. The van der Waals surface area contributed by atoms with E-state index in [1.807, 2.05) is 23.6 Å². The van der Waals surface area contributed by atoms with Crippen LogP contribution in [-0.2, 0) is 6.42 Å². The fourth-order valence-electron chi connectivity index (χ4n) is 1.68. The summed E-state index contributed by atoms with van der Waals surface area (Å²) < 4.78 is 10.5. The van der Waals surface area contributed by atoms with E-state index in [2.05, 4.69) is 4.98 Å². The molecule has 0 radical (unpaired) electrons. The number of rotatable bonds is 5. The van der Waals surface area contributed by atoms with E-state index in [9.17, 15) is 0 Å². The number of aromatic nitrogens is 1. The Labute approximate surface area is 110 Å². The van der Waals surface area contributed by atoms with Crippen molar-refractivity contribution in [2.24, 2.45) is 5.73 Å². The van der Waals surface area contributed by atoms with Crippen molar-refractivity contribution in [2.75, 3.05) is 20.8 Å². The molecule has 0 saturated heterocycles. The van der Waals surface area contributed by atoms with Gasteiger partial charge in [-0.3, -0.25) is 0 Å². The number of methoxy groups -OCH3 is 2.